The molecule has 0 unspecified atom stereocenters. The highest BCUT2D eigenvalue weighted by Gasteiger charge is 2.35. The summed E-state index contributed by atoms with van der Waals surface area (Å²) in [6.45, 7) is 0. The summed E-state index contributed by atoms with van der Waals surface area (Å²) >= 11 is 0. The summed E-state index contributed by atoms with van der Waals surface area (Å²) in [5.74, 6) is -0.173. The lowest BCUT2D eigenvalue weighted by molar-refractivity contribution is -0.122. The van der Waals surface area contributed by atoms with E-state index >= 15 is 0 Å². The largest absolute Gasteiger partial charge is 0.351 e. The molecule has 1 saturated carbocycles. The summed E-state index contributed by atoms with van der Waals surface area (Å²) in [5, 5.41) is 5.27. The van der Waals surface area contributed by atoms with E-state index in [1.807, 2.05) is 0 Å². The third kappa shape index (κ3) is 3.48. The lowest BCUT2D eigenvalue weighted by atomic mass is 9.82. The standard InChI is InChI=1S/C14H20N4O2/c15-13(20)18-11-6-4-5-10(9-11)17-12(19)14(16)7-2-1-3-8-14/h4-6,9H,1-3,7-8,16H2,(H,17,19)(H3,15,18,20). The van der Waals surface area contributed by atoms with Crippen LogP contribution in [0, 0.1) is 0 Å². The van der Waals surface area contributed by atoms with E-state index in [0.29, 0.717) is 24.2 Å². The van der Waals surface area contributed by atoms with Crippen LogP contribution in [0.15, 0.2) is 24.3 Å². The Kier molecular flexibility index (Phi) is 4.24. The number of benzene rings is 1. The molecule has 1 aliphatic carbocycles. The molecule has 108 valence electrons. The van der Waals surface area contributed by atoms with Crippen molar-refractivity contribution in [3.63, 3.8) is 0 Å². The first kappa shape index (κ1) is 14.3. The van der Waals surface area contributed by atoms with Crippen molar-refractivity contribution in [2.75, 3.05) is 10.6 Å². The van der Waals surface area contributed by atoms with E-state index in [-0.39, 0.29) is 5.91 Å². The molecule has 0 atom stereocenters. The lowest BCUT2D eigenvalue weighted by Gasteiger charge is -2.31. The molecule has 0 aliphatic heterocycles. The zero-order chi connectivity index (χ0) is 14.6. The number of primary amides is 1. The zero-order valence-corrected chi connectivity index (χ0v) is 11.3. The summed E-state index contributed by atoms with van der Waals surface area (Å²) in [6, 6.07) is 6.17. The molecular weight excluding hydrogens is 256 g/mol. The van der Waals surface area contributed by atoms with Crippen LogP contribution in [-0.2, 0) is 4.79 Å². The van der Waals surface area contributed by atoms with Gasteiger partial charge in [0, 0.05) is 11.4 Å². The predicted molar refractivity (Wildman–Crippen MR) is 78.3 cm³/mol. The number of urea groups is 1. The number of carbonyl (C=O) groups is 2. The Hall–Kier alpha value is -2.08. The van der Waals surface area contributed by atoms with Gasteiger partial charge in [-0.2, -0.15) is 0 Å². The van der Waals surface area contributed by atoms with Gasteiger partial charge in [-0.3, -0.25) is 4.79 Å². The number of carbonyl (C=O) groups excluding carboxylic acids is 2. The minimum Gasteiger partial charge on any atom is -0.351 e. The average Bonchev–Trinajstić information content (AvgIpc) is 2.39. The normalized spacial score (nSPS) is 17.2. The van der Waals surface area contributed by atoms with Crippen LogP contribution >= 0.6 is 0 Å². The Bertz CT molecular complexity index is 510. The topological polar surface area (TPSA) is 110 Å². The highest BCUT2D eigenvalue weighted by molar-refractivity contribution is 5.98. The molecule has 0 radical (unpaired) electrons. The lowest BCUT2D eigenvalue weighted by Crippen LogP contribution is -2.52. The van der Waals surface area contributed by atoms with E-state index in [2.05, 4.69) is 10.6 Å². The molecule has 1 aliphatic rings. The van der Waals surface area contributed by atoms with Crippen LogP contribution < -0.4 is 22.1 Å². The molecule has 1 aromatic rings. The quantitative estimate of drug-likeness (QED) is 0.675. The van der Waals surface area contributed by atoms with Gasteiger partial charge in [-0.05, 0) is 31.0 Å². The summed E-state index contributed by atoms with van der Waals surface area (Å²) in [6.07, 6.45) is 4.50. The SMILES string of the molecule is NC(=O)Nc1cccc(NC(=O)C2(N)CCCCC2)c1. The van der Waals surface area contributed by atoms with Crippen molar-refractivity contribution in [2.45, 2.75) is 37.6 Å². The smallest absolute Gasteiger partial charge is 0.316 e. The third-order valence-corrected chi connectivity index (χ3v) is 3.59. The first-order valence-electron chi connectivity index (χ1n) is 6.76. The van der Waals surface area contributed by atoms with Crippen LogP contribution in [-0.4, -0.2) is 17.5 Å². The fourth-order valence-electron chi connectivity index (χ4n) is 2.48. The zero-order valence-electron chi connectivity index (χ0n) is 11.3. The first-order valence-corrected chi connectivity index (χ1v) is 6.76. The number of anilines is 2. The summed E-state index contributed by atoms with van der Waals surface area (Å²) in [7, 11) is 0. The van der Waals surface area contributed by atoms with Crippen molar-refractivity contribution >= 4 is 23.3 Å². The van der Waals surface area contributed by atoms with Gasteiger partial charge in [-0.15, -0.1) is 0 Å². The second-order valence-electron chi connectivity index (χ2n) is 5.24. The summed E-state index contributed by atoms with van der Waals surface area (Å²) in [5.41, 5.74) is 11.6. The predicted octanol–water partition coefficient (Wildman–Crippen LogP) is 1.78. The Morgan fingerprint density at radius 2 is 1.65 bits per heavy atom. The van der Waals surface area contributed by atoms with E-state index in [1.54, 1.807) is 24.3 Å². The molecule has 1 aromatic carbocycles. The molecule has 0 aromatic heterocycles. The highest BCUT2D eigenvalue weighted by Crippen LogP contribution is 2.27. The number of hydrogen-bond donors (Lipinski definition) is 4. The van der Waals surface area contributed by atoms with Gasteiger partial charge in [0.15, 0.2) is 0 Å². The van der Waals surface area contributed by atoms with Gasteiger partial charge in [0.1, 0.15) is 0 Å². The second kappa shape index (κ2) is 5.92. The summed E-state index contributed by atoms with van der Waals surface area (Å²) < 4.78 is 0. The van der Waals surface area contributed by atoms with E-state index in [1.165, 1.54) is 0 Å². The van der Waals surface area contributed by atoms with Gasteiger partial charge in [-0.1, -0.05) is 25.3 Å². The second-order valence-corrected chi connectivity index (χ2v) is 5.24. The van der Waals surface area contributed by atoms with Crippen LogP contribution in [0.4, 0.5) is 16.2 Å². The maximum absolute atomic E-state index is 12.3. The molecule has 3 amide bonds. The molecule has 6 heteroatoms. The maximum atomic E-state index is 12.3. The fourth-order valence-corrected chi connectivity index (χ4v) is 2.48. The molecule has 6 nitrogen and oxygen atoms in total. The average molecular weight is 276 g/mol. The van der Waals surface area contributed by atoms with Crippen molar-refractivity contribution in [3.8, 4) is 0 Å². The molecule has 0 bridgehead atoms. The Labute approximate surface area is 117 Å². The van der Waals surface area contributed by atoms with Crippen molar-refractivity contribution in [3.05, 3.63) is 24.3 Å². The van der Waals surface area contributed by atoms with E-state index < -0.39 is 11.6 Å². The molecule has 0 spiro atoms. The fraction of sp³-hybridized carbons (Fsp3) is 0.429. The van der Waals surface area contributed by atoms with Crippen LogP contribution in [0.2, 0.25) is 0 Å². The molecule has 1 fully saturated rings. The van der Waals surface area contributed by atoms with E-state index in [4.69, 9.17) is 11.5 Å². The first-order chi connectivity index (χ1) is 9.49. The summed E-state index contributed by atoms with van der Waals surface area (Å²) in [4.78, 5) is 23.1. The van der Waals surface area contributed by atoms with E-state index in [9.17, 15) is 9.59 Å². The minimum atomic E-state index is -0.786. The number of amides is 3. The Morgan fingerprint density at radius 1 is 1.05 bits per heavy atom. The van der Waals surface area contributed by atoms with Crippen molar-refractivity contribution < 1.29 is 9.59 Å². The van der Waals surface area contributed by atoms with Crippen molar-refractivity contribution in [1.82, 2.24) is 0 Å². The number of rotatable bonds is 3. The molecule has 20 heavy (non-hydrogen) atoms. The van der Waals surface area contributed by atoms with E-state index in [0.717, 1.165) is 19.3 Å². The van der Waals surface area contributed by atoms with Crippen LogP contribution in [0.3, 0.4) is 0 Å². The monoisotopic (exact) mass is 276 g/mol. The van der Waals surface area contributed by atoms with Gasteiger partial charge in [0.05, 0.1) is 5.54 Å². The van der Waals surface area contributed by atoms with Crippen molar-refractivity contribution in [2.24, 2.45) is 11.5 Å². The van der Waals surface area contributed by atoms with Gasteiger partial charge >= 0.3 is 6.03 Å². The van der Waals surface area contributed by atoms with Crippen LogP contribution in [0.1, 0.15) is 32.1 Å². The third-order valence-electron chi connectivity index (χ3n) is 3.59. The Balaban J connectivity index is 2.05. The molecule has 0 saturated heterocycles. The molecular formula is C14H20N4O2. The van der Waals surface area contributed by atoms with Gasteiger partial charge in [-0.25, -0.2) is 4.79 Å². The molecule has 6 N–H and O–H groups in total. The van der Waals surface area contributed by atoms with Crippen molar-refractivity contribution in [1.29, 1.82) is 0 Å². The Morgan fingerprint density at radius 3 is 2.25 bits per heavy atom. The maximum Gasteiger partial charge on any atom is 0.316 e. The minimum absolute atomic E-state index is 0.173. The van der Waals surface area contributed by atoms with Gasteiger partial charge in [0.2, 0.25) is 5.91 Å². The number of hydrogen-bond acceptors (Lipinski definition) is 3. The molecule has 0 heterocycles. The molecule has 2 rings (SSSR count). The number of nitrogens with one attached hydrogen (secondary N) is 2. The van der Waals surface area contributed by atoms with Gasteiger partial charge in [0.25, 0.3) is 0 Å². The van der Waals surface area contributed by atoms with Crippen LogP contribution in [0.5, 0.6) is 0 Å². The van der Waals surface area contributed by atoms with Gasteiger partial charge < -0.3 is 22.1 Å². The highest BCUT2D eigenvalue weighted by atomic mass is 16.2. The van der Waals surface area contributed by atoms with Crippen LogP contribution in [0.25, 0.3) is 0 Å². The number of nitrogens with two attached hydrogens (primary N) is 2.